The maximum atomic E-state index is 12.4. The highest BCUT2D eigenvalue weighted by molar-refractivity contribution is 5.83. The van der Waals surface area contributed by atoms with E-state index in [9.17, 15) is 9.59 Å². The smallest absolute Gasteiger partial charge is 0.304 e. The summed E-state index contributed by atoms with van der Waals surface area (Å²) in [6.07, 6.45) is 18.7. The Kier molecular flexibility index (Phi) is 17.2. The molecule has 158 valence electrons. The quantitative estimate of drug-likeness (QED) is 0.227. The summed E-state index contributed by atoms with van der Waals surface area (Å²) < 4.78 is 0. The lowest BCUT2D eigenvalue weighted by molar-refractivity contribution is -0.144. The first-order valence-corrected chi connectivity index (χ1v) is 11.2. The Labute approximate surface area is 167 Å². The second-order valence-corrected chi connectivity index (χ2v) is 7.47. The minimum Gasteiger partial charge on any atom is -0.481 e. The number of carbonyl (C=O) groups excluding carboxylic acids is 1. The maximum absolute atomic E-state index is 12.4. The maximum Gasteiger partial charge on any atom is 0.304 e. The van der Waals surface area contributed by atoms with Crippen molar-refractivity contribution >= 4 is 11.9 Å². The predicted molar refractivity (Wildman–Crippen MR) is 114 cm³/mol. The number of nitrogens with zero attached hydrogens (tertiary/aromatic N) is 1. The van der Waals surface area contributed by atoms with Gasteiger partial charge in [0, 0.05) is 19.0 Å². The van der Waals surface area contributed by atoms with Gasteiger partial charge in [-0.15, -0.1) is 0 Å². The second-order valence-electron chi connectivity index (χ2n) is 7.47. The second kappa shape index (κ2) is 18.1. The Bertz CT molecular complexity index is 402. The van der Waals surface area contributed by atoms with Crippen LogP contribution in [0.3, 0.4) is 0 Å². The average Bonchev–Trinajstić information content (AvgIpc) is 2.65. The Morgan fingerprint density at radius 1 is 0.815 bits per heavy atom. The molecule has 27 heavy (non-hydrogen) atoms. The van der Waals surface area contributed by atoms with E-state index < -0.39 is 5.97 Å². The zero-order chi connectivity index (χ0) is 20.3. The molecule has 1 N–H and O–H groups in total. The fourth-order valence-electron chi connectivity index (χ4n) is 3.43. The third kappa shape index (κ3) is 14.4. The van der Waals surface area contributed by atoms with Gasteiger partial charge < -0.3 is 10.0 Å². The Balaban J connectivity index is 3.88. The molecule has 4 heteroatoms. The molecule has 0 aliphatic carbocycles. The molecule has 0 aliphatic heterocycles. The molecule has 0 aromatic rings. The standard InChI is InChI=1S/C23H43NO3/c1-4-7-8-9-10-11-12-13-14-15-16-17-18-19-21(20-22(25)26)23(27)24(5-2)6-3/h15-16,21H,4-14,17-20H2,1-3H3,(H,25,26)/b16-15+. The highest BCUT2D eigenvalue weighted by atomic mass is 16.4. The lowest BCUT2D eigenvalue weighted by Gasteiger charge is -2.24. The molecule has 1 amide bonds. The summed E-state index contributed by atoms with van der Waals surface area (Å²) in [4.78, 5) is 25.2. The van der Waals surface area contributed by atoms with Crippen molar-refractivity contribution in [1.82, 2.24) is 4.90 Å². The van der Waals surface area contributed by atoms with Gasteiger partial charge in [-0.3, -0.25) is 9.59 Å². The fourth-order valence-corrected chi connectivity index (χ4v) is 3.43. The van der Waals surface area contributed by atoms with E-state index in [4.69, 9.17) is 5.11 Å². The van der Waals surface area contributed by atoms with Gasteiger partial charge in [-0.25, -0.2) is 0 Å². The van der Waals surface area contributed by atoms with Gasteiger partial charge in [0.25, 0.3) is 0 Å². The van der Waals surface area contributed by atoms with Crippen molar-refractivity contribution in [2.24, 2.45) is 5.92 Å². The zero-order valence-corrected chi connectivity index (χ0v) is 18.0. The number of aliphatic carboxylic acids is 1. The molecule has 0 fully saturated rings. The third-order valence-electron chi connectivity index (χ3n) is 5.16. The van der Waals surface area contributed by atoms with Crippen molar-refractivity contribution in [3.8, 4) is 0 Å². The normalized spacial score (nSPS) is 12.4. The molecule has 0 radical (unpaired) electrons. The lowest BCUT2D eigenvalue weighted by atomic mass is 9.96. The van der Waals surface area contributed by atoms with Gasteiger partial charge in [-0.1, -0.05) is 64.0 Å². The van der Waals surface area contributed by atoms with Gasteiger partial charge >= 0.3 is 5.97 Å². The van der Waals surface area contributed by atoms with E-state index in [0.29, 0.717) is 19.5 Å². The molecular weight excluding hydrogens is 338 g/mol. The largest absolute Gasteiger partial charge is 0.481 e. The SMILES string of the molecule is CCCCCCCCCC/C=C/CCCC(CC(=O)O)C(=O)N(CC)CC. The van der Waals surface area contributed by atoms with Crippen LogP contribution in [0.4, 0.5) is 0 Å². The highest BCUT2D eigenvalue weighted by Crippen LogP contribution is 2.17. The van der Waals surface area contributed by atoms with Crippen LogP contribution in [0.1, 0.15) is 104 Å². The van der Waals surface area contributed by atoms with Gasteiger partial charge in [0.2, 0.25) is 5.91 Å². The molecule has 0 saturated carbocycles. The summed E-state index contributed by atoms with van der Waals surface area (Å²) in [5, 5.41) is 9.08. The number of carbonyl (C=O) groups is 2. The molecule has 0 spiro atoms. The zero-order valence-electron chi connectivity index (χ0n) is 18.0. The first-order chi connectivity index (χ1) is 13.1. The van der Waals surface area contributed by atoms with Crippen molar-refractivity contribution in [3.63, 3.8) is 0 Å². The number of unbranched alkanes of at least 4 members (excludes halogenated alkanes) is 9. The van der Waals surface area contributed by atoms with E-state index in [1.165, 1.54) is 51.4 Å². The Hall–Kier alpha value is -1.32. The molecule has 4 nitrogen and oxygen atoms in total. The summed E-state index contributed by atoms with van der Waals surface area (Å²) in [6, 6.07) is 0. The van der Waals surface area contributed by atoms with E-state index in [2.05, 4.69) is 19.1 Å². The summed E-state index contributed by atoms with van der Waals surface area (Å²) in [7, 11) is 0. The third-order valence-corrected chi connectivity index (χ3v) is 5.16. The molecule has 0 heterocycles. The molecule has 1 unspecified atom stereocenters. The monoisotopic (exact) mass is 381 g/mol. The van der Waals surface area contributed by atoms with E-state index >= 15 is 0 Å². The number of hydrogen-bond acceptors (Lipinski definition) is 2. The van der Waals surface area contributed by atoms with Crippen LogP contribution >= 0.6 is 0 Å². The van der Waals surface area contributed by atoms with Crippen LogP contribution in [-0.2, 0) is 9.59 Å². The van der Waals surface area contributed by atoms with Crippen molar-refractivity contribution in [2.45, 2.75) is 104 Å². The molecular formula is C23H43NO3. The molecule has 0 aromatic heterocycles. The van der Waals surface area contributed by atoms with Crippen molar-refractivity contribution in [2.75, 3.05) is 13.1 Å². The van der Waals surface area contributed by atoms with Crippen LogP contribution in [0, 0.1) is 5.92 Å². The van der Waals surface area contributed by atoms with E-state index in [1.54, 1.807) is 4.90 Å². The number of allylic oxidation sites excluding steroid dienone is 2. The lowest BCUT2D eigenvalue weighted by Crippen LogP contribution is -2.36. The molecule has 0 saturated heterocycles. The van der Waals surface area contributed by atoms with Gasteiger partial charge in [0.1, 0.15) is 0 Å². The van der Waals surface area contributed by atoms with Crippen LogP contribution in [0.2, 0.25) is 0 Å². The van der Waals surface area contributed by atoms with Crippen molar-refractivity contribution in [1.29, 1.82) is 0 Å². The molecule has 0 rings (SSSR count). The first kappa shape index (κ1) is 25.7. The van der Waals surface area contributed by atoms with Gasteiger partial charge in [0.15, 0.2) is 0 Å². The summed E-state index contributed by atoms with van der Waals surface area (Å²) in [5.41, 5.74) is 0. The van der Waals surface area contributed by atoms with Gasteiger partial charge in [0.05, 0.1) is 6.42 Å². The van der Waals surface area contributed by atoms with Crippen LogP contribution in [0.15, 0.2) is 12.2 Å². The van der Waals surface area contributed by atoms with Crippen LogP contribution in [-0.4, -0.2) is 35.0 Å². The minimum atomic E-state index is -0.884. The number of carboxylic acid groups (broad SMARTS) is 1. The van der Waals surface area contributed by atoms with Crippen LogP contribution in [0.5, 0.6) is 0 Å². The minimum absolute atomic E-state index is 0.00897. The topological polar surface area (TPSA) is 57.6 Å². The highest BCUT2D eigenvalue weighted by Gasteiger charge is 2.24. The number of carboxylic acids is 1. The number of rotatable bonds is 18. The van der Waals surface area contributed by atoms with Crippen LogP contribution < -0.4 is 0 Å². The van der Waals surface area contributed by atoms with Gasteiger partial charge in [-0.05, 0) is 46.0 Å². The molecule has 0 aromatic carbocycles. The summed E-state index contributed by atoms with van der Waals surface area (Å²) in [6.45, 7) is 7.41. The Morgan fingerprint density at radius 3 is 1.85 bits per heavy atom. The van der Waals surface area contributed by atoms with E-state index in [1.807, 2.05) is 13.8 Å². The molecule has 0 bridgehead atoms. The van der Waals surface area contributed by atoms with Crippen molar-refractivity contribution < 1.29 is 14.7 Å². The Morgan fingerprint density at radius 2 is 1.33 bits per heavy atom. The molecule has 1 atom stereocenters. The predicted octanol–water partition coefficient (Wildman–Crippen LogP) is 6.20. The van der Waals surface area contributed by atoms with Crippen LogP contribution in [0.25, 0.3) is 0 Å². The van der Waals surface area contributed by atoms with E-state index in [0.717, 1.165) is 19.3 Å². The van der Waals surface area contributed by atoms with Gasteiger partial charge in [-0.2, -0.15) is 0 Å². The number of hydrogen-bond donors (Lipinski definition) is 1. The first-order valence-electron chi connectivity index (χ1n) is 11.2. The number of amides is 1. The van der Waals surface area contributed by atoms with E-state index in [-0.39, 0.29) is 18.2 Å². The fraction of sp³-hybridized carbons (Fsp3) is 0.826. The average molecular weight is 382 g/mol. The summed E-state index contributed by atoms with van der Waals surface area (Å²) in [5.74, 6) is -1.28. The van der Waals surface area contributed by atoms with Crippen molar-refractivity contribution in [3.05, 3.63) is 12.2 Å². The molecule has 0 aliphatic rings. The summed E-state index contributed by atoms with van der Waals surface area (Å²) >= 11 is 0.